The molecule has 0 amide bonds. The van der Waals surface area contributed by atoms with Crippen LogP contribution in [0.5, 0.6) is 11.5 Å². The van der Waals surface area contributed by atoms with E-state index in [0.717, 1.165) is 0 Å². The summed E-state index contributed by atoms with van der Waals surface area (Å²) >= 11 is 0. The van der Waals surface area contributed by atoms with E-state index >= 15 is 0 Å². The summed E-state index contributed by atoms with van der Waals surface area (Å²) in [6, 6.07) is 3.01. The smallest absolute Gasteiger partial charge is 0.338 e. The molecule has 0 unspecified atom stereocenters. The number of esters is 1. The zero-order valence-electron chi connectivity index (χ0n) is 10.9. The lowest BCUT2D eigenvalue weighted by molar-refractivity contribution is 0.0600. The van der Waals surface area contributed by atoms with E-state index in [4.69, 9.17) is 15.2 Å². The number of hydrogen-bond donors (Lipinski definition) is 1. The molecule has 0 atom stereocenters. The highest BCUT2D eigenvalue weighted by Gasteiger charge is 2.14. The maximum absolute atomic E-state index is 11.3. The average Bonchev–Trinajstić information content (AvgIpc) is 2.40. The maximum Gasteiger partial charge on any atom is 0.338 e. The van der Waals surface area contributed by atoms with Gasteiger partial charge in [0, 0.05) is 0 Å². The fraction of sp³-hybridized carbons (Fsp3) is 0.417. The van der Waals surface area contributed by atoms with E-state index in [2.05, 4.69) is 4.74 Å². The largest absolute Gasteiger partial charge is 0.494 e. The summed E-state index contributed by atoms with van der Waals surface area (Å²) in [5.41, 5.74) is 6.40. The van der Waals surface area contributed by atoms with Crippen LogP contribution < -0.4 is 15.2 Å². The molecule has 17 heavy (non-hydrogen) atoms. The quantitative estimate of drug-likeness (QED) is 0.648. The van der Waals surface area contributed by atoms with E-state index in [0.29, 0.717) is 22.7 Å². The molecular formula is C12H19NO4. The molecule has 0 aromatic heterocycles. The van der Waals surface area contributed by atoms with Crippen LogP contribution in [-0.2, 0) is 4.74 Å². The van der Waals surface area contributed by atoms with Gasteiger partial charge >= 0.3 is 5.97 Å². The Morgan fingerprint density at radius 2 is 1.47 bits per heavy atom. The van der Waals surface area contributed by atoms with Gasteiger partial charge in [-0.2, -0.15) is 0 Å². The first-order valence-corrected chi connectivity index (χ1v) is 5.23. The zero-order chi connectivity index (χ0) is 13.4. The van der Waals surface area contributed by atoms with E-state index < -0.39 is 5.97 Å². The number of carbonyl (C=O) groups is 1. The van der Waals surface area contributed by atoms with Crippen molar-refractivity contribution in [3.63, 3.8) is 0 Å². The van der Waals surface area contributed by atoms with E-state index in [1.54, 1.807) is 0 Å². The standard InChI is InChI=1S/C10H13NO4.C2H6/c1-13-7-4-6(10(12)15-3)5-8(14-2)9(7)11;1-2/h4-5H,11H2,1-3H3;1-2H3. The molecule has 2 N–H and O–H groups in total. The number of carbonyl (C=O) groups excluding carboxylic acids is 1. The molecule has 0 spiro atoms. The van der Waals surface area contributed by atoms with Crippen molar-refractivity contribution in [1.29, 1.82) is 0 Å². The van der Waals surface area contributed by atoms with E-state index in [-0.39, 0.29) is 0 Å². The summed E-state index contributed by atoms with van der Waals surface area (Å²) < 4.78 is 14.6. The molecular weight excluding hydrogens is 222 g/mol. The van der Waals surface area contributed by atoms with Crippen LogP contribution in [0.15, 0.2) is 12.1 Å². The van der Waals surface area contributed by atoms with Crippen molar-refractivity contribution in [3.05, 3.63) is 17.7 Å². The highest BCUT2D eigenvalue weighted by molar-refractivity contribution is 5.91. The molecule has 96 valence electrons. The molecule has 0 fully saturated rings. The van der Waals surface area contributed by atoms with Crippen molar-refractivity contribution in [2.45, 2.75) is 13.8 Å². The summed E-state index contributed by atoms with van der Waals surface area (Å²) in [4.78, 5) is 11.3. The third-order valence-corrected chi connectivity index (χ3v) is 1.97. The molecule has 0 aliphatic heterocycles. The van der Waals surface area contributed by atoms with Crippen LogP contribution in [0.1, 0.15) is 24.2 Å². The Balaban J connectivity index is 0.00000121. The lowest BCUT2D eigenvalue weighted by atomic mass is 10.1. The summed E-state index contributed by atoms with van der Waals surface area (Å²) in [7, 11) is 4.23. The number of hydrogen-bond acceptors (Lipinski definition) is 5. The molecule has 0 bridgehead atoms. The maximum atomic E-state index is 11.3. The third-order valence-electron chi connectivity index (χ3n) is 1.97. The van der Waals surface area contributed by atoms with Gasteiger partial charge in [-0.25, -0.2) is 4.79 Å². The molecule has 1 rings (SSSR count). The van der Waals surface area contributed by atoms with E-state index in [1.807, 2.05) is 13.8 Å². The van der Waals surface area contributed by atoms with E-state index in [9.17, 15) is 4.79 Å². The predicted octanol–water partition coefficient (Wildman–Crippen LogP) is 2.10. The summed E-state index contributed by atoms with van der Waals surface area (Å²) in [5, 5.41) is 0. The Morgan fingerprint density at radius 1 is 1.06 bits per heavy atom. The predicted molar refractivity (Wildman–Crippen MR) is 66.6 cm³/mol. The van der Waals surface area contributed by atoms with Gasteiger partial charge in [-0.1, -0.05) is 13.8 Å². The molecule has 5 heteroatoms. The highest BCUT2D eigenvalue weighted by atomic mass is 16.5. The van der Waals surface area contributed by atoms with Crippen LogP contribution in [0.4, 0.5) is 5.69 Å². The number of methoxy groups -OCH3 is 3. The van der Waals surface area contributed by atoms with Crippen LogP contribution in [0.3, 0.4) is 0 Å². The van der Waals surface area contributed by atoms with Crippen molar-refractivity contribution in [2.75, 3.05) is 27.1 Å². The number of ether oxygens (including phenoxy) is 3. The van der Waals surface area contributed by atoms with Gasteiger partial charge < -0.3 is 19.9 Å². The Bertz CT molecular complexity index is 352. The van der Waals surface area contributed by atoms with E-state index in [1.165, 1.54) is 33.5 Å². The van der Waals surface area contributed by atoms with Gasteiger partial charge in [-0.05, 0) is 12.1 Å². The monoisotopic (exact) mass is 241 g/mol. The molecule has 5 nitrogen and oxygen atoms in total. The molecule has 1 aromatic carbocycles. The Labute approximate surface area is 101 Å². The minimum Gasteiger partial charge on any atom is -0.494 e. The molecule has 0 heterocycles. The van der Waals surface area contributed by atoms with Crippen molar-refractivity contribution in [3.8, 4) is 11.5 Å². The molecule has 0 radical (unpaired) electrons. The van der Waals surface area contributed by atoms with Crippen LogP contribution in [0, 0.1) is 0 Å². The van der Waals surface area contributed by atoms with Gasteiger partial charge in [-0.15, -0.1) is 0 Å². The molecule has 0 saturated carbocycles. The first-order chi connectivity index (χ1) is 8.13. The lowest BCUT2D eigenvalue weighted by Gasteiger charge is -2.10. The van der Waals surface area contributed by atoms with Gasteiger partial charge in [-0.3, -0.25) is 0 Å². The number of nitrogen functional groups attached to an aromatic ring is 1. The highest BCUT2D eigenvalue weighted by Crippen LogP contribution is 2.33. The minimum atomic E-state index is -0.466. The SMILES string of the molecule is CC.COC(=O)c1cc(OC)c(N)c(OC)c1. The lowest BCUT2D eigenvalue weighted by Crippen LogP contribution is -2.04. The number of nitrogens with two attached hydrogens (primary N) is 1. The fourth-order valence-corrected chi connectivity index (χ4v) is 1.17. The minimum absolute atomic E-state index is 0.334. The number of anilines is 1. The zero-order valence-corrected chi connectivity index (χ0v) is 10.9. The Morgan fingerprint density at radius 3 is 1.76 bits per heavy atom. The van der Waals surface area contributed by atoms with Crippen molar-refractivity contribution in [1.82, 2.24) is 0 Å². The topological polar surface area (TPSA) is 70.8 Å². The van der Waals surface area contributed by atoms with Crippen LogP contribution in [-0.4, -0.2) is 27.3 Å². The molecule has 1 aromatic rings. The van der Waals surface area contributed by atoms with Crippen LogP contribution in [0.25, 0.3) is 0 Å². The van der Waals surface area contributed by atoms with Gasteiger partial charge in [0.1, 0.15) is 17.2 Å². The first-order valence-electron chi connectivity index (χ1n) is 5.23. The van der Waals surface area contributed by atoms with Crippen LogP contribution in [0.2, 0.25) is 0 Å². The molecule has 0 aliphatic rings. The number of rotatable bonds is 3. The Hall–Kier alpha value is -1.91. The average molecular weight is 241 g/mol. The van der Waals surface area contributed by atoms with Gasteiger partial charge in [0.05, 0.1) is 26.9 Å². The second-order valence-corrected chi connectivity index (χ2v) is 2.79. The van der Waals surface area contributed by atoms with Gasteiger partial charge in [0.2, 0.25) is 0 Å². The summed E-state index contributed by atoms with van der Waals surface area (Å²) in [5.74, 6) is 0.302. The fourth-order valence-electron chi connectivity index (χ4n) is 1.17. The first kappa shape index (κ1) is 15.1. The molecule has 0 aliphatic carbocycles. The second kappa shape index (κ2) is 7.38. The van der Waals surface area contributed by atoms with Gasteiger partial charge in [0.15, 0.2) is 0 Å². The van der Waals surface area contributed by atoms with Crippen molar-refractivity contribution in [2.24, 2.45) is 0 Å². The molecule has 0 saturated heterocycles. The summed E-state index contributed by atoms with van der Waals surface area (Å²) in [6.45, 7) is 4.00. The second-order valence-electron chi connectivity index (χ2n) is 2.79. The Kier molecular flexibility index (Phi) is 6.55. The third kappa shape index (κ3) is 3.55. The van der Waals surface area contributed by atoms with Crippen molar-refractivity contribution >= 4 is 11.7 Å². The van der Waals surface area contributed by atoms with Gasteiger partial charge in [0.25, 0.3) is 0 Å². The van der Waals surface area contributed by atoms with Crippen LogP contribution >= 0.6 is 0 Å². The normalized spacial score (nSPS) is 8.76. The van der Waals surface area contributed by atoms with Crippen molar-refractivity contribution < 1.29 is 19.0 Å². The summed E-state index contributed by atoms with van der Waals surface area (Å²) in [6.07, 6.45) is 0. The number of benzene rings is 1.